The van der Waals surface area contributed by atoms with Crippen LogP contribution in [0.25, 0.3) is 5.57 Å². The number of carbonyl (C=O) groups is 1. The first-order valence-electron chi connectivity index (χ1n) is 6.28. The Morgan fingerprint density at radius 3 is 2.90 bits per heavy atom. The predicted octanol–water partition coefficient (Wildman–Crippen LogP) is 2.67. The molecule has 2 N–H and O–H groups in total. The van der Waals surface area contributed by atoms with Gasteiger partial charge in [-0.1, -0.05) is 0 Å². The van der Waals surface area contributed by atoms with Gasteiger partial charge in [-0.25, -0.2) is 4.79 Å². The number of rotatable bonds is 2. The largest absolute Gasteiger partial charge is 0.444 e. The topological polar surface area (TPSA) is 87.1 Å². The van der Waals surface area contributed by atoms with Crippen molar-refractivity contribution in [3.63, 3.8) is 0 Å². The van der Waals surface area contributed by atoms with Crippen LogP contribution in [0.1, 0.15) is 26.5 Å². The lowest BCUT2D eigenvalue weighted by atomic mass is 10.1. The number of anilines is 1. The molecule has 0 unspecified atom stereocenters. The molecule has 1 aliphatic heterocycles. The number of hydrogen-bond acceptors (Lipinski definition) is 4. The summed E-state index contributed by atoms with van der Waals surface area (Å²) in [6.45, 7) is 6.05. The van der Waals surface area contributed by atoms with Crippen LogP contribution in [0, 0.1) is 11.3 Å². The molecule has 1 aliphatic rings. The van der Waals surface area contributed by atoms with E-state index in [1.165, 1.54) is 0 Å². The highest BCUT2D eigenvalue weighted by molar-refractivity contribution is 5.90. The van der Waals surface area contributed by atoms with E-state index < -0.39 is 11.7 Å². The molecule has 2 heterocycles. The van der Waals surface area contributed by atoms with Crippen LogP contribution in [0.3, 0.4) is 0 Å². The molecular formula is C14H17N3O3. The summed E-state index contributed by atoms with van der Waals surface area (Å²) in [5.74, 6) is 0. The van der Waals surface area contributed by atoms with Crippen molar-refractivity contribution in [2.45, 2.75) is 26.4 Å². The molecule has 0 aromatic carbocycles. The van der Waals surface area contributed by atoms with E-state index >= 15 is 0 Å². The molecule has 0 aliphatic carbocycles. The van der Waals surface area contributed by atoms with Crippen LogP contribution in [0.4, 0.5) is 10.5 Å². The normalized spacial score (nSPS) is 15.1. The maximum Gasteiger partial charge on any atom is 0.412 e. The summed E-state index contributed by atoms with van der Waals surface area (Å²) in [7, 11) is 0. The maximum atomic E-state index is 11.8. The Kier molecular flexibility index (Phi) is 3.81. The predicted molar refractivity (Wildman–Crippen MR) is 74.0 cm³/mol. The molecule has 6 nitrogen and oxygen atoms in total. The monoisotopic (exact) mass is 275 g/mol. The molecule has 0 saturated carbocycles. The third kappa shape index (κ3) is 3.19. The first-order chi connectivity index (χ1) is 9.40. The van der Waals surface area contributed by atoms with Crippen LogP contribution in [0.2, 0.25) is 0 Å². The second-order valence-electron chi connectivity index (χ2n) is 5.45. The van der Waals surface area contributed by atoms with Gasteiger partial charge in [-0.15, -0.1) is 0 Å². The number of nitrogens with one attached hydrogen (secondary N) is 2. The lowest BCUT2D eigenvalue weighted by molar-refractivity contribution is 0.0636. The SMILES string of the molecule is CC(C)(C)OC(=O)Nc1cc[nH]c1C1=C(C#N)COC1. The third-order valence-electron chi connectivity index (χ3n) is 2.68. The molecule has 1 aromatic rings. The lowest BCUT2D eigenvalue weighted by Gasteiger charge is -2.19. The van der Waals surface area contributed by atoms with Gasteiger partial charge in [0.2, 0.25) is 0 Å². The van der Waals surface area contributed by atoms with E-state index in [0.29, 0.717) is 30.2 Å². The zero-order valence-electron chi connectivity index (χ0n) is 11.7. The number of aromatic amines is 1. The Balaban J connectivity index is 2.18. The second-order valence-corrected chi connectivity index (χ2v) is 5.45. The van der Waals surface area contributed by atoms with Crippen molar-refractivity contribution in [1.29, 1.82) is 5.26 Å². The summed E-state index contributed by atoms with van der Waals surface area (Å²) in [5.41, 5.74) is 2.04. The number of carbonyl (C=O) groups excluding carboxylic acids is 1. The van der Waals surface area contributed by atoms with Crippen LogP contribution in [-0.4, -0.2) is 29.9 Å². The molecule has 0 bridgehead atoms. The summed E-state index contributed by atoms with van der Waals surface area (Å²) in [6, 6.07) is 3.83. The molecular weight excluding hydrogens is 258 g/mol. The number of H-pyrrole nitrogens is 1. The van der Waals surface area contributed by atoms with Gasteiger partial charge in [-0.05, 0) is 26.8 Å². The quantitative estimate of drug-likeness (QED) is 0.868. The molecule has 0 atom stereocenters. The van der Waals surface area contributed by atoms with E-state index in [2.05, 4.69) is 16.4 Å². The summed E-state index contributed by atoms with van der Waals surface area (Å²) >= 11 is 0. The lowest BCUT2D eigenvalue weighted by Crippen LogP contribution is -2.27. The van der Waals surface area contributed by atoms with Crippen LogP contribution < -0.4 is 5.32 Å². The van der Waals surface area contributed by atoms with Gasteiger partial charge in [0.1, 0.15) is 5.60 Å². The number of nitrogens with zero attached hydrogens (tertiary/aromatic N) is 1. The van der Waals surface area contributed by atoms with Crippen molar-refractivity contribution in [2.75, 3.05) is 18.5 Å². The smallest absolute Gasteiger partial charge is 0.412 e. The molecule has 6 heteroatoms. The Morgan fingerprint density at radius 2 is 2.25 bits per heavy atom. The van der Waals surface area contributed by atoms with Crippen molar-refractivity contribution >= 4 is 17.4 Å². The fourth-order valence-electron chi connectivity index (χ4n) is 1.89. The molecule has 0 saturated heterocycles. The zero-order chi connectivity index (χ0) is 14.8. The third-order valence-corrected chi connectivity index (χ3v) is 2.68. The number of aromatic nitrogens is 1. The summed E-state index contributed by atoms with van der Waals surface area (Å²) in [4.78, 5) is 14.8. The van der Waals surface area contributed by atoms with Crippen molar-refractivity contribution in [3.05, 3.63) is 23.5 Å². The molecule has 1 aromatic heterocycles. The van der Waals surface area contributed by atoms with Gasteiger partial charge in [-0.2, -0.15) is 5.26 Å². The van der Waals surface area contributed by atoms with E-state index in [-0.39, 0.29) is 0 Å². The van der Waals surface area contributed by atoms with Gasteiger partial charge < -0.3 is 14.5 Å². The Hall–Kier alpha value is -2.26. The molecule has 106 valence electrons. The van der Waals surface area contributed by atoms with Crippen LogP contribution >= 0.6 is 0 Å². The minimum absolute atomic E-state index is 0.302. The maximum absolute atomic E-state index is 11.8. The average Bonchev–Trinajstić information content (AvgIpc) is 2.93. The first kappa shape index (κ1) is 14.2. The number of ether oxygens (including phenoxy) is 2. The molecule has 0 radical (unpaired) electrons. The van der Waals surface area contributed by atoms with Crippen molar-refractivity contribution in [2.24, 2.45) is 0 Å². The van der Waals surface area contributed by atoms with Crippen LogP contribution in [-0.2, 0) is 9.47 Å². The Morgan fingerprint density at radius 1 is 1.50 bits per heavy atom. The fourth-order valence-corrected chi connectivity index (χ4v) is 1.89. The minimum Gasteiger partial charge on any atom is -0.444 e. The highest BCUT2D eigenvalue weighted by Crippen LogP contribution is 2.29. The van der Waals surface area contributed by atoms with E-state index in [9.17, 15) is 4.79 Å². The molecule has 2 rings (SSSR count). The summed E-state index contributed by atoms with van der Waals surface area (Å²) in [5, 5.41) is 11.7. The molecule has 1 amide bonds. The van der Waals surface area contributed by atoms with E-state index in [1.54, 1.807) is 33.0 Å². The second kappa shape index (κ2) is 5.39. The highest BCUT2D eigenvalue weighted by Gasteiger charge is 2.22. The number of hydrogen-bond donors (Lipinski definition) is 2. The van der Waals surface area contributed by atoms with E-state index in [0.717, 1.165) is 5.57 Å². The zero-order valence-corrected chi connectivity index (χ0v) is 11.7. The highest BCUT2D eigenvalue weighted by atomic mass is 16.6. The molecule has 0 fully saturated rings. The summed E-state index contributed by atoms with van der Waals surface area (Å²) < 4.78 is 10.5. The van der Waals surface area contributed by atoms with E-state index in [1.807, 2.05) is 0 Å². The summed E-state index contributed by atoms with van der Waals surface area (Å²) in [6.07, 6.45) is 1.17. The molecule has 0 spiro atoms. The van der Waals surface area contributed by atoms with Gasteiger partial charge in [0.15, 0.2) is 0 Å². The minimum atomic E-state index is -0.561. The van der Waals surface area contributed by atoms with Gasteiger partial charge in [0.05, 0.1) is 36.2 Å². The fraction of sp³-hybridized carbons (Fsp3) is 0.429. The van der Waals surface area contributed by atoms with E-state index in [4.69, 9.17) is 14.7 Å². The average molecular weight is 275 g/mol. The van der Waals surface area contributed by atoms with Crippen LogP contribution in [0.5, 0.6) is 0 Å². The van der Waals surface area contributed by atoms with Gasteiger partial charge in [-0.3, -0.25) is 5.32 Å². The van der Waals surface area contributed by atoms with Crippen LogP contribution in [0.15, 0.2) is 17.8 Å². The first-order valence-corrected chi connectivity index (χ1v) is 6.28. The Labute approximate surface area is 117 Å². The van der Waals surface area contributed by atoms with Crippen molar-refractivity contribution in [3.8, 4) is 6.07 Å². The van der Waals surface area contributed by atoms with Crippen molar-refractivity contribution in [1.82, 2.24) is 4.98 Å². The van der Waals surface area contributed by atoms with Gasteiger partial charge in [0, 0.05) is 11.8 Å². The number of nitriles is 1. The standard InChI is InChI=1S/C14H17N3O3/c1-14(2,3)20-13(18)17-11-4-5-16-12(11)10-8-19-7-9(10)6-15/h4-5,16H,7-8H2,1-3H3,(H,17,18). The molecule has 20 heavy (non-hydrogen) atoms. The van der Waals surface area contributed by atoms with Crippen molar-refractivity contribution < 1.29 is 14.3 Å². The van der Waals surface area contributed by atoms with Gasteiger partial charge in [0.25, 0.3) is 0 Å². The number of amides is 1. The van der Waals surface area contributed by atoms with Gasteiger partial charge >= 0.3 is 6.09 Å². The Bertz CT molecular complexity index is 588.